The molecular weight excluding hydrogens is 293 g/mol. The summed E-state index contributed by atoms with van der Waals surface area (Å²) < 4.78 is 23.6. The normalized spacial score (nSPS) is 21.8. The van der Waals surface area contributed by atoms with E-state index in [4.69, 9.17) is 9.26 Å². The van der Waals surface area contributed by atoms with Crippen LogP contribution in [0, 0.1) is 5.82 Å². The molecule has 1 aromatic carbocycles. The lowest BCUT2D eigenvalue weighted by Crippen LogP contribution is -2.31. The van der Waals surface area contributed by atoms with E-state index in [-0.39, 0.29) is 17.8 Å². The molecule has 3 rings (SSSR count). The van der Waals surface area contributed by atoms with Gasteiger partial charge >= 0.3 is 0 Å². The minimum Gasteiger partial charge on any atom is -0.379 e. The fourth-order valence-electron chi connectivity index (χ4n) is 2.24. The van der Waals surface area contributed by atoms with E-state index in [2.05, 4.69) is 15.5 Å². The highest BCUT2D eigenvalue weighted by molar-refractivity contribution is 7.98. The Morgan fingerprint density at radius 1 is 1.33 bits per heavy atom. The van der Waals surface area contributed by atoms with Gasteiger partial charge < -0.3 is 14.6 Å². The lowest BCUT2D eigenvalue weighted by molar-refractivity contribution is 0.185. The zero-order chi connectivity index (χ0) is 14.7. The molecule has 0 aliphatic carbocycles. The number of thioether (sulfide) groups is 1. The molecule has 112 valence electrons. The lowest BCUT2D eigenvalue weighted by atomic mass is 10.0. The van der Waals surface area contributed by atoms with Crippen molar-refractivity contribution in [2.24, 2.45) is 0 Å². The van der Waals surface area contributed by atoms with Crippen LogP contribution in [0.5, 0.6) is 0 Å². The van der Waals surface area contributed by atoms with Crippen LogP contribution < -0.4 is 5.32 Å². The smallest absolute Gasteiger partial charge is 0.233 e. The van der Waals surface area contributed by atoms with E-state index < -0.39 is 0 Å². The van der Waals surface area contributed by atoms with Crippen LogP contribution in [0.1, 0.15) is 17.6 Å². The molecule has 1 aliphatic rings. The Balaban J connectivity index is 1.61. The largest absolute Gasteiger partial charge is 0.379 e. The monoisotopic (exact) mass is 309 g/mol. The molecule has 1 fully saturated rings. The molecule has 0 saturated carbocycles. The van der Waals surface area contributed by atoms with Crippen LogP contribution in [0.2, 0.25) is 0 Å². The van der Waals surface area contributed by atoms with Crippen LogP contribution in [-0.2, 0) is 10.5 Å². The summed E-state index contributed by atoms with van der Waals surface area (Å²) in [5.41, 5.74) is 0. The minimum atomic E-state index is -0.236. The summed E-state index contributed by atoms with van der Waals surface area (Å²) in [5.74, 6) is 1.71. The molecule has 1 aliphatic heterocycles. The van der Waals surface area contributed by atoms with Crippen LogP contribution in [-0.4, -0.2) is 36.4 Å². The number of hydrogen-bond acceptors (Lipinski definition) is 6. The summed E-state index contributed by atoms with van der Waals surface area (Å²) in [6.07, 6.45) is 0. The first-order chi connectivity index (χ1) is 10.3. The van der Waals surface area contributed by atoms with E-state index in [0.717, 1.165) is 4.90 Å². The van der Waals surface area contributed by atoms with Gasteiger partial charge in [0.15, 0.2) is 5.82 Å². The molecule has 0 amide bonds. The predicted octanol–water partition coefficient (Wildman–Crippen LogP) is 2.20. The predicted molar refractivity (Wildman–Crippen MR) is 76.7 cm³/mol. The van der Waals surface area contributed by atoms with Gasteiger partial charge in [-0.1, -0.05) is 5.16 Å². The fraction of sp³-hybridized carbons (Fsp3) is 0.429. The van der Waals surface area contributed by atoms with Crippen molar-refractivity contribution in [2.75, 3.05) is 20.3 Å². The van der Waals surface area contributed by atoms with Gasteiger partial charge in [-0.05, 0) is 31.3 Å². The minimum absolute atomic E-state index is 0.104. The van der Waals surface area contributed by atoms with Crippen LogP contribution in [0.3, 0.4) is 0 Å². The van der Waals surface area contributed by atoms with Gasteiger partial charge in [0.25, 0.3) is 0 Å². The summed E-state index contributed by atoms with van der Waals surface area (Å²) in [4.78, 5) is 5.40. The maximum absolute atomic E-state index is 12.8. The van der Waals surface area contributed by atoms with E-state index >= 15 is 0 Å². The Kier molecular flexibility index (Phi) is 4.52. The second-order valence-corrected chi connectivity index (χ2v) is 5.88. The van der Waals surface area contributed by atoms with Crippen molar-refractivity contribution in [3.63, 3.8) is 0 Å². The molecule has 2 atom stereocenters. The van der Waals surface area contributed by atoms with Gasteiger partial charge in [0.2, 0.25) is 5.89 Å². The van der Waals surface area contributed by atoms with E-state index in [1.54, 1.807) is 23.9 Å². The third-order valence-corrected chi connectivity index (χ3v) is 4.44. The van der Waals surface area contributed by atoms with E-state index in [1.807, 2.05) is 7.05 Å². The number of likely N-dealkylation sites (N-methyl/N-ethyl adjacent to an activating group) is 1. The quantitative estimate of drug-likeness (QED) is 0.855. The fourth-order valence-corrected chi connectivity index (χ4v) is 2.98. The number of nitrogens with one attached hydrogen (secondary N) is 1. The number of nitrogens with zero attached hydrogens (tertiary/aromatic N) is 2. The number of ether oxygens (including phenoxy) is 1. The summed E-state index contributed by atoms with van der Waals surface area (Å²) in [5, 5.41) is 7.19. The molecule has 21 heavy (non-hydrogen) atoms. The molecule has 2 unspecified atom stereocenters. The molecule has 5 nitrogen and oxygen atoms in total. The zero-order valence-electron chi connectivity index (χ0n) is 11.6. The molecule has 0 spiro atoms. The summed E-state index contributed by atoms with van der Waals surface area (Å²) in [7, 11) is 1.90. The Labute approximate surface area is 126 Å². The third-order valence-electron chi connectivity index (χ3n) is 3.43. The Bertz CT molecular complexity index is 590. The van der Waals surface area contributed by atoms with Crippen molar-refractivity contribution in [2.45, 2.75) is 22.6 Å². The molecule has 1 N–H and O–H groups in total. The molecule has 1 aromatic heterocycles. The molecule has 7 heteroatoms. The van der Waals surface area contributed by atoms with E-state index in [0.29, 0.717) is 30.7 Å². The second kappa shape index (κ2) is 6.55. The topological polar surface area (TPSA) is 60.2 Å². The van der Waals surface area contributed by atoms with Gasteiger partial charge in [-0.2, -0.15) is 4.98 Å². The van der Waals surface area contributed by atoms with Gasteiger partial charge in [0.1, 0.15) is 5.82 Å². The third kappa shape index (κ3) is 3.42. The number of rotatable bonds is 5. The molecule has 0 radical (unpaired) electrons. The number of benzene rings is 1. The van der Waals surface area contributed by atoms with Crippen LogP contribution in [0.15, 0.2) is 33.7 Å². The first kappa shape index (κ1) is 14.5. The van der Waals surface area contributed by atoms with Gasteiger partial charge in [-0.3, -0.25) is 0 Å². The highest BCUT2D eigenvalue weighted by Crippen LogP contribution is 2.26. The van der Waals surface area contributed by atoms with Crippen molar-refractivity contribution < 1.29 is 13.7 Å². The van der Waals surface area contributed by atoms with Crippen molar-refractivity contribution in [1.82, 2.24) is 15.5 Å². The maximum atomic E-state index is 12.8. The van der Waals surface area contributed by atoms with Crippen molar-refractivity contribution in [3.05, 3.63) is 41.8 Å². The highest BCUT2D eigenvalue weighted by atomic mass is 32.2. The van der Waals surface area contributed by atoms with Crippen molar-refractivity contribution in [1.29, 1.82) is 0 Å². The van der Waals surface area contributed by atoms with Crippen molar-refractivity contribution in [3.8, 4) is 0 Å². The molecular formula is C14H16FN3O2S. The Hall–Kier alpha value is -1.44. The van der Waals surface area contributed by atoms with E-state index in [1.165, 1.54) is 12.1 Å². The average molecular weight is 309 g/mol. The highest BCUT2D eigenvalue weighted by Gasteiger charge is 2.32. The van der Waals surface area contributed by atoms with Crippen LogP contribution in [0.25, 0.3) is 0 Å². The van der Waals surface area contributed by atoms with Crippen LogP contribution in [0.4, 0.5) is 4.39 Å². The average Bonchev–Trinajstić information content (AvgIpc) is 3.15. The lowest BCUT2D eigenvalue weighted by Gasteiger charge is -2.11. The molecule has 1 saturated heterocycles. The SMILES string of the molecule is CNC1COCC1c1nc(CSc2ccc(F)cc2)no1. The van der Waals surface area contributed by atoms with E-state index in [9.17, 15) is 4.39 Å². The molecule has 2 aromatic rings. The first-order valence-corrected chi connectivity index (χ1v) is 7.70. The number of aromatic nitrogens is 2. The van der Waals surface area contributed by atoms with Crippen molar-refractivity contribution >= 4 is 11.8 Å². The Morgan fingerprint density at radius 2 is 2.14 bits per heavy atom. The molecule has 0 bridgehead atoms. The Morgan fingerprint density at radius 3 is 2.90 bits per heavy atom. The standard InChI is InChI=1S/C14H16FN3O2S/c1-16-12-7-19-6-11(12)14-17-13(18-20-14)8-21-10-4-2-9(15)3-5-10/h2-5,11-12,16H,6-8H2,1H3. The first-order valence-electron chi connectivity index (χ1n) is 6.72. The van der Waals surface area contributed by atoms with Gasteiger partial charge in [-0.25, -0.2) is 4.39 Å². The van der Waals surface area contributed by atoms with Gasteiger partial charge in [-0.15, -0.1) is 11.8 Å². The number of hydrogen-bond donors (Lipinski definition) is 1. The second-order valence-electron chi connectivity index (χ2n) is 4.83. The van der Waals surface area contributed by atoms with Gasteiger partial charge in [0.05, 0.1) is 24.9 Å². The van der Waals surface area contributed by atoms with Crippen LogP contribution >= 0.6 is 11.8 Å². The number of halogens is 1. The zero-order valence-corrected chi connectivity index (χ0v) is 12.4. The van der Waals surface area contributed by atoms with Gasteiger partial charge in [0, 0.05) is 10.9 Å². The maximum Gasteiger partial charge on any atom is 0.233 e. The molecule has 2 heterocycles. The summed E-state index contributed by atoms with van der Waals surface area (Å²) in [6, 6.07) is 6.57. The summed E-state index contributed by atoms with van der Waals surface area (Å²) in [6.45, 7) is 1.25. The summed E-state index contributed by atoms with van der Waals surface area (Å²) >= 11 is 1.55.